The number of fused-ring (bicyclic) bond motifs is 3. The number of alkyl carbamates (subject to hydrolysis) is 1. The standard InChI is InChI=1S/C27H32N2O5/c1-27(2,25(32)29-23-14-8-7-13-21(23)24(30)31)16-28-26(33)34-15-22-19-11-5-3-9-17(19)18-10-4-6-12-20(18)22/h3-6,9-12,21-23H,7-8,13-16H2,1-2H3,(H,28,33)(H,29,32)(H,30,31)/t21-,23+/m0/s1. The van der Waals surface area contributed by atoms with E-state index in [2.05, 4.69) is 34.9 Å². The molecule has 180 valence electrons. The van der Waals surface area contributed by atoms with Crippen molar-refractivity contribution >= 4 is 18.0 Å². The Hall–Kier alpha value is -3.35. The Balaban J connectivity index is 1.31. The summed E-state index contributed by atoms with van der Waals surface area (Å²) in [6, 6.07) is 15.9. The molecule has 0 saturated heterocycles. The second-order valence-corrected chi connectivity index (χ2v) is 9.87. The molecule has 1 saturated carbocycles. The molecule has 3 N–H and O–H groups in total. The summed E-state index contributed by atoms with van der Waals surface area (Å²) in [6.45, 7) is 3.74. The van der Waals surface area contributed by atoms with Crippen LogP contribution in [-0.2, 0) is 14.3 Å². The van der Waals surface area contributed by atoms with E-state index in [0.29, 0.717) is 12.8 Å². The molecular weight excluding hydrogens is 432 g/mol. The van der Waals surface area contributed by atoms with Crippen molar-refractivity contribution in [2.24, 2.45) is 11.3 Å². The molecule has 2 aliphatic rings. The van der Waals surface area contributed by atoms with Crippen molar-refractivity contribution < 1.29 is 24.2 Å². The number of nitrogens with one attached hydrogen (secondary N) is 2. The van der Waals surface area contributed by atoms with E-state index in [1.54, 1.807) is 13.8 Å². The number of amides is 2. The molecule has 0 radical (unpaired) electrons. The van der Waals surface area contributed by atoms with Gasteiger partial charge < -0.3 is 20.5 Å². The van der Waals surface area contributed by atoms with Crippen molar-refractivity contribution in [3.05, 3.63) is 59.7 Å². The number of rotatable bonds is 7. The highest BCUT2D eigenvalue weighted by atomic mass is 16.5. The number of hydrogen-bond acceptors (Lipinski definition) is 4. The summed E-state index contributed by atoms with van der Waals surface area (Å²) in [4.78, 5) is 36.9. The van der Waals surface area contributed by atoms with Gasteiger partial charge in [-0.15, -0.1) is 0 Å². The van der Waals surface area contributed by atoms with Crippen molar-refractivity contribution in [1.29, 1.82) is 0 Å². The zero-order valence-corrected chi connectivity index (χ0v) is 19.7. The van der Waals surface area contributed by atoms with Crippen LogP contribution in [0.2, 0.25) is 0 Å². The number of carbonyl (C=O) groups is 3. The molecule has 0 unspecified atom stereocenters. The summed E-state index contributed by atoms with van der Waals surface area (Å²) in [5, 5.41) is 15.1. The molecule has 0 heterocycles. The second-order valence-electron chi connectivity index (χ2n) is 9.87. The Kier molecular flexibility index (Phi) is 6.91. The second kappa shape index (κ2) is 9.87. The van der Waals surface area contributed by atoms with Gasteiger partial charge in [-0.05, 0) is 48.9 Å². The van der Waals surface area contributed by atoms with Crippen LogP contribution in [0.25, 0.3) is 11.1 Å². The van der Waals surface area contributed by atoms with Gasteiger partial charge in [-0.2, -0.15) is 0 Å². The van der Waals surface area contributed by atoms with Gasteiger partial charge in [0.25, 0.3) is 0 Å². The molecule has 0 bridgehead atoms. The average Bonchev–Trinajstić information content (AvgIpc) is 3.15. The number of carboxylic acids is 1. The molecule has 2 aromatic carbocycles. The van der Waals surface area contributed by atoms with E-state index >= 15 is 0 Å². The lowest BCUT2D eigenvalue weighted by Crippen LogP contribution is -2.52. The van der Waals surface area contributed by atoms with Gasteiger partial charge in [-0.25, -0.2) is 4.79 Å². The molecule has 4 rings (SSSR count). The molecule has 0 aromatic heterocycles. The molecule has 1 fully saturated rings. The van der Waals surface area contributed by atoms with Gasteiger partial charge >= 0.3 is 12.1 Å². The van der Waals surface area contributed by atoms with Crippen LogP contribution in [-0.4, -0.2) is 42.3 Å². The third-order valence-electron chi connectivity index (χ3n) is 7.03. The minimum absolute atomic E-state index is 0.0336. The zero-order chi connectivity index (χ0) is 24.3. The van der Waals surface area contributed by atoms with Crippen molar-refractivity contribution in [1.82, 2.24) is 10.6 Å². The minimum atomic E-state index is -0.911. The topological polar surface area (TPSA) is 105 Å². The molecule has 2 aromatic rings. The molecule has 2 atom stereocenters. The number of benzene rings is 2. The van der Waals surface area contributed by atoms with Crippen molar-refractivity contribution in [3.63, 3.8) is 0 Å². The van der Waals surface area contributed by atoms with Gasteiger partial charge in [0.1, 0.15) is 6.61 Å². The van der Waals surface area contributed by atoms with E-state index in [0.717, 1.165) is 35.1 Å². The van der Waals surface area contributed by atoms with Crippen molar-refractivity contribution in [2.75, 3.05) is 13.2 Å². The third kappa shape index (κ3) is 4.93. The zero-order valence-electron chi connectivity index (χ0n) is 19.7. The maximum absolute atomic E-state index is 12.9. The summed E-state index contributed by atoms with van der Waals surface area (Å²) in [6.07, 6.45) is 2.39. The summed E-state index contributed by atoms with van der Waals surface area (Å²) < 4.78 is 5.55. The quantitative estimate of drug-likeness (QED) is 0.566. The van der Waals surface area contributed by atoms with Crippen molar-refractivity contribution in [2.45, 2.75) is 51.5 Å². The van der Waals surface area contributed by atoms with Gasteiger partial charge in [-0.1, -0.05) is 61.4 Å². The fourth-order valence-electron chi connectivity index (χ4n) is 4.99. The first-order valence-corrected chi connectivity index (χ1v) is 11.9. The minimum Gasteiger partial charge on any atom is -0.481 e. The highest BCUT2D eigenvalue weighted by molar-refractivity contribution is 5.84. The highest BCUT2D eigenvalue weighted by Gasteiger charge is 2.36. The summed E-state index contributed by atoms with van der Waals surface area (Å²) in [5.41, 5.74) is 3.68. The van der Waals surface area contributed by atoms with E-state index in [4.69, 9.17) is 4.74 Å². The van der Waals surface area contributed by atoms with Crippen LogP contribution < -0.4 is 10.6 Å². The van der Waals surface area contributed by atoms with E-state index in [-0.39, 0.29) is 31.0 Å². The Bertz CT molecular complexity index is 1030. The Labute approximate surface area is 199 Å². The Morgan fingerprint density at radius 1 is 0.971 bits per heavy atom. The molecule has 7 heteroatoms. The Morgan fingerprint density at radius 3 is 2.18 bits per heavy atom. The van der Waals surface area contributed by atoms with Crippen LogP contribution >= 0.6 is 0 Å². The summed E-state index contributed by atoms with van der Waals surface area (Å²) in [5.74, 6) is -1.75. The van der Waals surface area contributed by atoms with Gasteiger partial charge in [-0.3, -0.25) is 9.59 Å². The normalized spacial score (nSPS) is 19.6. The SMILES string of the molecule is CC(C)(CNC(=O)OCC1c2ccccc2-c2ccccc21)C(=O)N[C@@H]1CCCC[C@@H]1C(=O)O. The number of ether oxygens (including phenoxy) is 1. The summed E-state index contributed by atoms with van der Waals surface area (Å²) >= 11 is 0. The monoisotopic (exact) mass is 464 g/mol. The summed E-state index contributed by atoms with van der Waals surface area (Å²) in [7, 11) is 0. The van der Waals surface area contributed by atoms with Crippen molar-refractivity contribution in [3.8, 4) is 11.1 Å². The fourth-order valence-corrected chi connectivity index (χ4v) is 4.99. The largest absolute Gasteiger partial charge is 0.481 e. The maximum atomic E-state index is 12.9. The lowest BCUT2D eigenvalue weighted by molar-refractivity contribution is -0.144. The van der Waals surface area contributed by atoms with Gasteiger partial charge in [0.2, 0.25) is 5.91 Å². The predicted octanol–water partition coefficient (Wildman–Crippen LogP) is 4.31. The van der Waals surface area contributed by atoms with Crippen LogP contribution in [0.15, 0.2) is 48.5 Å². The molecule has 34 heavy (non-hydrogen) atoms. The number of carboxylic acid groups (broad SMARTS) is 1. The van der Waals surface area contributed by atoms with E-state index in [1.165, 1.54) is 0 Å². The third-order valence-corrected chi connectivity index (χ3v) is 7.03. The molecule has 2 aliphatic carbocycles. The molecule has 2 amide bonds. The van der Waals surface area contributed by atoms with Crippen LogP contribution in [0.5, 0.6) is 0 Å². The smallest absolute Gasteiger partial charge is 0.407 e. The van der Waals surface area contributed by atoms with Gasteiger partial charge in [0.05, 0.1) is 11.3 Å². The van der Waals surface area contributed by atoms with Gasteiger partial charge in [0, 0.05) is 18.5 Å². The van der Waals surface area contributed by atoms with Crippen LogP contribution in [0.1, 0.15) is 56.6 Å². The molecule has 0 spiro atoms. The molecular formula is C27H32N2O5. The first kappa shape index (κ1) is 23.8. The first-order chi connectivity index (χ1) is 16.3. The van der Waals surface area contributed by atoms with Crippen LogP contribution in [0, 0.1) is 11.3 Å². The number of carbonyl (C=O) groups excluding carboxylic acids is 2. The van der Waals surface area contributed by atoms with E-state index < -0.39 is 23.4 Å². The lowest BCUT2D eigenvalue weighted by Gasteiger charge is -2.33. The fraction of sp³-hybridized carbons (Fsp3) is 0.444. The van der Waals surface area contributed by atoms with Crippen LogP contribution in [0.4, 0.5) is 4.79 Å². The lowest BCUT2D eigenvalue weighted by atomic mass is 9.83. The maximum Gasteiger partial charge on any atom is 0.407 e. The first-order valence-electron chi connectivity index (χ1n) is 11.9. The van der Waals surface area contributed by atoms with Gasteiger partial charge in [0.15, 0.2) is 0 Å². The average molecular weight is 465 g/mol. The molecule has 0 aliphatic heterocycles. The Morgan fingerprint density at radius 2 is 1.56 bits per heavy atom. The number of hydrogen-bond donors (Lipinski definition) is 3. The molecule has 7 nitrogen and oxygen atoms in total. The van der Waals surface area contributed by atoms with E-state index in [1.807, 2.05) is 24.3 Å². The van der Waals surface area contributed by atoms with E-state index in [9.17, 15) is 19.5 Å². The highest BCUT2D eigenvalue weighted by Crippen LogP contribution is 2.44. The predicted molar refractivity (Wildman–Crippen MR) is 128 cm³/mol. The number of aliphatic carboxylic acids is 1. The van der Waals surface area contributed by atoms with Crippen LogP contribution in [0.3, 0.4) is 0 Å².